The summed E-state index contributed by atoms with van der Waals surface area (Å²) in [7, 11) is 1.68. The number of tetrazole rings is 1. The van der Waals surface area contributed by atoms with Gasteiger partial charge in [-0.2, -0.15) is 0 Å². The molecule has 0 spiro atoms. The molecule has 0 saturated carbocycles. The lowest BCUT2D eigenvalue weighted by Crippen LogP contribution is -2.49. The van der Waals surface area contributed by atoms with Gasteiger partial charge in [0.2, 0.25) is 0 Å². The van der Waals surface area contributed by atoms with E-state index in [0.717, 1.165) is 54.9 Å². The number of benzene rings is 2. The minimum absolute atomic E-state index is 0.109. The molecule has 9 nitrogen and oxygen atoms in total. The lowest BCUT2D eigenvalue weighted by Gasteiger charge is -2.40. The molecule has 1 N–H and O–H groups in total. The number of aromatic amines is 1. The zero-order chi connectivity index (χ0) is 26.2. The summed E-state index contributed by atoms with van der Waals surface area (Å²) in [6.07, 6.45) is 0.934. The van der Waals surface area contributed by atoms with Gasteiger partial charge in [0.15, 0.2) is 5.82 Å². The summed E-state index contributed by atoms with van der Waals surface area (Å²) in [6.45, 7) is 11.5. The van der Waals surface area contributed by atoms with Crippen LogP contribution >= 0.6 is 0 Å². The van der Waals surface area contributed by atoms with E-state index in [0.29, 0.717) is 11.4 Å². The average molecular weight is 502 g/mol. The van der Waals surface area contributed by atoms with Crippen molar-refractivity contribution >= 4 is 16.6 Å². The number of rotatable bonds is 6. The molecule has 37 heavy (non-hydrogen) atoms. The Hall–Kier alpha value is -3.72. The molecule has 1 atom stereocenters. The second-order valence-corrected chi connectivity index (χ2v) is 10.6. The highest BCUT2D eigenvalue weighted by Crippen LogP contribution is 2.31. The van der Waals surface area contributed by atoms with Crippen LogP contribution in [0.3, 0.4) is 0 Å². The number of fused-ring (bicyclic) bond motifs is 1. The van der Waals surface area contributed by atoms with Gasteiger partial charge in [0, 0.05) is 42.9 Å². The molecule has 1 saturated heterocycles. The summed E-state index contributed by atoms with van der Waals surface area (Å²) in [4.78, 5) is 21.3. The van der Waals surface area contributed by atoms with Gasteiger partial charge in [0.05, 0.1) is 12.6 Å². The van der Waals surface area contributed by atoms with Crippen molar-refractivity contribution < 1.29 is 4.74 Å². The van der Waals surface area contributed by atoms with Crippen LogP contribution in [0.25, 0.3) is 10.9 Å². The molecule has 1 aliphatic rings. The number of hydrogen-bond acceptors (Lipinski definition) is 7. The maximum atomic E-state index is 13.5. The second kappa shape index (κ2) is 9.97. The third-order valence-electron chi connectivity index (χ3n) is 7.13. The van der Waals surface area contributed by atoms with Gasteiger partial charge in [-0.1, -0.05) is 13.0 Å². The Balaban J connectivity index is 1.53. The molecular weight excluding hydrogens is 466 g/mol. The van der Waals surface area contributed by atoms with Crippen LogP contribution in [0.4, 0.5) is 5.69 Å². The number of hydrogen-bond donors (Lipinski definition) is 1. The zero-order valence-electron chi connectivity index (χ0n) is 22.2. The fraction of sp³-hybridized carbons (Fsp3) is 0.429. The molecule has 2 aromatic heterocycles. The summed E-state index contributed by atoms with van der Waals surface area (Å²) < 4.78 is 7.16. The quantitative estimate of drug-likeness (QED) is 0.430. The van der Waals surface area contributed by atoms with Crippen molar-refractivity contribution in [2.24, 2.45) is 0 Å². The van der Waals surface area contributed by atoms with E-state index in [9.17, 15) is 4.79 Å². The van der Waals surface area contributed by atoms with E-state index < -0.39 is 0 Å². The Morgan fingerprint density at radius 1 is 1.03 bits per heavy atom. The topological polar surface area (TPSA) is 92.2 Å². The summed E-state index contributed by atoms with van der Waals surface area (Å²) in [6, 6.07) is 16.0. The van der Waals surface area contributed by atoms with Gasteiger partial charge in [0.25, 0.3) is 5.56 Å². The highest BCUT2D eigenvalue weighted by molar-refractivity contribution is 5.80. The van der Waals surface area contributed by atoms with Crippen molar-refractivity contribution in [2.45, 2.75) is 45.7 Å². The number of aryl methyl sites for hydroxylation is 1. The Labute approximate surface area is 217 Å². The highest BCUT2D eigenvalue weighted by atomic mass is 16.5. The fourth-order valence-electron chi connectivity index (χ4n) is 5.07. The van der Waals surface area contributed by atoms with Gasteiger partial charge in [-0.3, -0.25) is 9.69 Å². The van der Waals surface area contributed by atoms with E-state index in [-0.39, 0.29) is 17.1 Å². The van der Waals surface area contributed by atoms with Crippen LogP contribution in [-0.4, -0.2) is 63.4 Å². The highest BCUT2D eigenvalue weighted by Gasteiger charge is 2.35. The first kappa shape index (κ1) is 25.0. The van der Waals surface area contributed by atoms with Crippen molar-refractivity contribution in [2.75, 3.05) is 38.2 Å². The summed E-state index contributed by atoms with van der Waals surface area (Å²) >= 11 is 0. The first-order chi connectivity index (χ1) is 17.8. The molecule has 0 radical (unpaired) electrons. The van der Waals surface area contributed by atoms with Crippen molar-refractivity contribution in [1.82, 2.24) is 30.1 Å². The van der Waals surface area contributed by atoms with E-state index in [4.69, 9.17) is 4.74 Å². The van der Waals surface area contributed by atoms with Gasteiger partial charge in [-0.15, -0.1) is 5.10 Å². The van der Waals surface area contributed by atoms with Crippen LogP contribution in [0.5, 0.6) is 5.75 Å². The number of H-pyrrole nitrogens is 1. The molecule has 0 unspecified atom stereocenters. The lowest BCUT2D eigenvalue weighted by atomic mass is 10.00. The number of ether oxygens (including phenoxy) is 1. The predicted molar refractivity (Wildman–Crippen MR) is 145 cm³/mol. The molecular formula is C28H35N7O2. The van der Waals surface area contributed by atoms with Crippen molar-refractivity contribution in [1.29, 1.82) is 0 Å². The SMILES string of the molecule is CCc1ccc2[nH]c(=O)c([C@H](c3nnnn3C(C)(C)C)N3CCN(c4ccc(OC)cc4)CC3)cc2c1. The lowest BCUT2D eigenvalue weighted by molar-refractivity contribution is 0.190. The molecule has 1 fully saturated rings. The van der Waals surface area contributed by atoms with Crippen molar-refractivity contribution in [3.05, 3.63) is 75.8 Å². The molecule has 2 aromatic carbocycles. The predicted octanol–water partition coefficient (Wildman–Crippen LogP) is 3.75. The monoisotopic (exact) mass is 501 g/mol. The van der Waals surface area contributed by atoms with Crippen LogP contribution in [0.1, 0.15) is 50.7 Å². The molecule has 1 aliphatic heterocycles. The first-order valence-electron chi connectivity index (χ1n) is 12.9. The van der Waals surface area contributed by atoms with Gasteiger partial charge in [0.1, 0.15) is 11.8 Å². The van der Waals surface area contributed by atoms with Crippen LogP contribution in [-0.2, 0) is 12.0 Å². The smallest absolute Gasteiger partial charge is 0.253 e. The molecule has 0 aliphatic carbocycles. The molecule has 5 rings (SSSR count). The third-order valence-corrected chi connectivity index (χ3v) is 7.13. The van der Waals surface area contributed by atoms with Crippen LogP contribution < -0.4 is 15.2 Å². The normalized spacial score (nSPS) is 15.8. The summed E-state index contributed by atoms with van der Waals surface area (Å²) in [5.41, 5.74) is 3.45. The Morgan fingerprint density at radius 3 is 2.41 bits per heavy atom. The maximum Gasteiger partial charge on any atom is 0.253 e. The minimum atomic E-state index is -0.370. The number of pyridine rings is 1. The molecule has 9 heteroatoms. The summed E-state index contributed by atoms with van der Waals surface area (Å²) in [5, 5.41) is 13.8. The Bertz CT molecular complexity index is 1430. The van der Waals surface area contributed by atoms with Gasteiger partial charge in [-0.05, 0) is 91.0 Å². The number of anilines is 1. The van der Waals surface area contributed by atoms with Gasteiger partial charge >= 0.3 is 0 Å². The first-order valence-corrected chi connectivity index (χ1v) is 12.9. The molecule has 3 heterocycles. The third kappa shape index (κ3) is 4.96. The number of piperazine rings is 1. The van der Waals surface area contributed by atoms with E-state index in [1.165, 1.54) is 5.56 Å². The van der Waals surface area contributed by atoms with E-state index in [2.05, 4.69) is 82.3 Å². The molecule has 0 bridgehead atoms. The molecule has 0 amide bonds. The van der Waals surface area contributed by atoms with Gasteiger partial charge in [-0.25, -0.2) is 4.68 Å². The minimum Gasteiger partial charge on any atom is -0.497 e. The average Bonchev–Trinajstić information content (AvgIpc) is 3.40. The van der Waals surface area contributed by atoms with E-state index >= 15 is 0 Å². The van der Waals surface area contributed by atoms with Crippen molar-refractivity contribution in [3.8, 4) is 5.75 Å². The number of methoxy groups -OCH3 is 1. The molecule has 194 valence electrons. The van der Waals surface area contributed by atoms with E-state index in [1.807, 2.05) is 28.9 Å². The number of aromatic nitrogens is 5. The Morgan fingerprint density at radius 2 is 1.76 bits per heavy atom. The fourth-order valence-corrected chi connectivity index (χ4v) is 5.07. The Kier molecular flexibility index (Phi) is 6.72. The number of nitrogens with zero attached hydrogens (tertiary/aromatic N) is 6. The number of nitrogens with one attached hydrogen (secondary N) is 1. The largest absolute Gasteiger partial charge is 0.497 e. The van der Waals surface area contributed by atoms with E-state index in [1.54, 1.807) is 7.11 Å². The maximum absolute atomic E-state index is 13.5. The van der Waals surface area contributed by atoms with Crippen LogP contribution in [0.15, 0.2) is 53.3 Å². The zero-order valence-corrected chi connectivity index (χ0v) is 22.2. The summed E-state index contributed by atoms with van der Waals surface area (Å²) in [5.74, 6) is 1.53. The molecule has 4 aromatic rings. The van der Waals surface area contributed by atoms with Crippen molar-refractivity contribution in [3.63, 3.8) is 0 Å². The second-order valence-electron chi connectivity index (χ2n) is 10.6. The standard InChI is InChI=1S/C28H35N7O2/c1-6-19-7-12-24-20(17-19)18-23(27(36)29-24)25(26-30-31-32-35(26)28(2,3)4)34-15-13-33(14-16-34)21-8-10-22(37-5)11-9-21/h7-12,17-18,25H,6,13-16H2,1-5H3,(H,29,36)/t25-/m1/s1. The van der Waals surface area contributed by atoms with Crippen LogP contribution in [0.2, 0.25) is 0 Å². The van der Waals surface area contributed by atoms with Crippen LogP contribution in [0, 0.1) is 0 Å². The van der Waals surface area contributed by atoms with Gasteiger partial charge < -0.3 is 14.6 Å².